The van der Waals surface area contributed by atoms with Gasteiger partial charge in [-0.15, -0.1) is 0 Å². The number of nitrogens with two attached hydrogens (primary N) is 1. The summed E-state index contributed by atoms with van der Waals surface area (Å²) in [7, 11) is 0. The highest BCUT2D eigenvalue weighted by molar-refractivity contribution is 7.10. The lowest BCUT2D eigenvalue weighted by Crippen LogP contribution is -2.15. The maximum absolute atomic E-state index is 5.50. The van der Waals surface area contributed by atoms with Gasteiger partial charge in [-0.1, -0.05) is 20.8 Å². The van der Waals surface area contributed by atoms with Crippen LogP contribution in [0.25, 0.3) is 0 Å². The molecule has 4 heteroatoms. The van der Waals surface area contributed by atoms with Crippen molar-refractivity contribution in [1.82, 2.24) is 4.37 Å². The van der Waals surface area contributed by atoms with Crippen molar-refractivity contribution in [3.63, 3.8) is 0 Å². The highest BCUT2D eigenvalue weighted by atomic mass is 32.1. The summed E-state index contributed by atoms with van der Waals surface area (Å²) in [4.78, 5) is 0. The average molecular weight is 199 g/mol. The summed E-state index contributed by atoms with van der Waals surface area (Å²) >= 11 is 1.42. The van der Waals surface area contributed by atoms with Gasteiger partial charge in [0.15, 0.2) is 0 Å². The molecule has 0 spiro atoms. The molecule has 0 saturated carbocycles. The van der Waals surface area contributed by atoms with Gasteiger partial charge in [0.25, 0.3) is 0 Å². The third kappa shape index (κ3) is 3.22. The lowest BCUT2D eigenvalue weighted by Gasteiger charge is -2.15. The van der Waals surface area contributed by atoms with Crippen LogP contribution in [0, 0.1) is 11.8 Å². The summed E-state index contributed by atoms with van der Waals surface area (Å²) < 4.78 is 4.00. The highest BCUT2D eigenvalue weighted by Crippen LogP contribution is 2.19. The SMILES string of the molecule is CC(C)C(C)CNc1cc(N)ns1. The van der Waals surface area contributed by atoms with E-state index in [1.54, 1.807) is 0 Å². The number of anilines is 2. The van der Waals surface area contributed by atoms with Crippen molar-refractivity contribution in [2.24, 2.45) is 11.8 Å². The summed E-state index contributed by atoms with van der Waals surface area (Å²) in [5.41, 5.74) is 5.50. The molecule has 1 rings (SSSR count). The van der Waals surface area contributed by atoms with Crippen molar-refractivity contribution in [2.45, 2.75) is 20.8 Å². The standard InChI is InChI=1S/C9H17N3S/c1-6(2)7(3)5-11-9-4-8(10)12-13-9/h4,6-7,11H,5H2,1-3H3,(H2,10,12). The van der Waals surface area contributed by atoms with Crippen LogP contribution in [0.4, 0.5) is 10.8 Å². The quantitative estimate of drug-likeness (QED) is 0.783. The van der Waals surface area contributed by atoms with Crippen molar-refractivity contribution in [3.8, 4) is 0 Å². The van der Waals surface area contributed by atoms with E-state index in [1.165, 1.54) is 11.5 Å². The Hall–Kier alpha value is -0.770. The van der Waals surface area contributed by atoms with E-state index in [0.717, 1.165) is 11.5 Å². The second-order valence-electron chi connectivity index (χ2n) is 3.72. The maximum atomic E-state index is 5.50. The van der Waals surface area contributed by atoms with Crippen molar-refractivity contribution < 1.29 is 0 Å². The Kier molecular flexibility index (Phi) is 3.54. The van der Waals surface area contributed by atoms with Gasteiger partial charge >= 0.3 is 0 Å². The van der Waals surface area contributed by atoms with Gasteiger partial charge in [-0.2, -0.15) is 4.37 Å². The molecule has 1 aromatic heterocycles. The van der Waals surface area contributed by atoms with Crippen LogP contribution in [-0.4, -0.2) is 10.9 Å². The second kappa shape index (κ2) is 4.46. The molecule has 0 radical (unpaired) electrons. The summed E-state index contributed by atoms with van der Waals surface area (Å²) in [6, 6.07) is 1.87. The zero-order valence-electron chi connectivity index (χ0n) is 8.37. The van der Waals surface area contributed by atoms with E-state index in [2.05, 4.69) is 30.5 Å². The minimum Gasteiger partial charge on any atom is -0.383 e. The zero-order valence-corrected chi connectivity index (χ0v) is 9.19. The molecule has 0 aromatic carbocycles. The molecule has 13 heavy (non-hydrogen) atoms. The first-order valence-corrected chi connectivity index (χ1v) is 5.33. The number of nitrogen functional groups attached to an aromatic ring is 1. The predicted molar refractivity (Wildman–Crippen MR) is 59.0 cm³/mol. The van der Waals surface area contributed by atoms with E-state index in [-0.39, 0.29) is 0 Å². The Morgan fingerprint density at radius 3 is 2.69 bits per heavy atom. The summed E-state index contributed by atoms with van der Waals surface area (Å²) in [5.74, 6) is 1.98. The zero-order chi connectivity index (χ0) is 9.84. The molecule has 0 amide bonds. The van der Waals surface area contributed by atoms with Crippen molar-refractivity contribution in [1.29, 1.82) is 0 Å². The molecule has 3 nitrogen and oxygen atoms in total. The third-order valence-corrected chi connectivity index (χ3v) is 3.03. The van der Waals surface area contributed by atoms with Crippen molar-refractivity contribution in [3.05, 3.63) is 6.07 Å². The van der Waals surface area contributed by atoms with Gasteiger partial charge in [-0.05, 0) is 23.4 Å². The van der Waals surface area contributed by atoms with E-state index < -0.39 is 0 Å². The number of hydrogen-bond acceptors (Lipinski definition) is 4. The molecule has 1 aromatic rings. The molecular weight excluding hydrogens is 182 g/mol. The third-order valence-electron chi connectivity index (χ3n) is 2.26. The average Bonchev–Trinajstić information content (AvgIpc) is 2.47. The maximum Gasteiger partial charge on any atom is 0.139 e. The number of hydrogen-bond donors (Lipinski definition) is 2. The fraction of sp³-hybridized carbons (Fsp3) is 0.667. The molecule has 1 unspecified atom stereocenters. The van der Waals surface area contributed by atoms with Gasteiger partial charge < -0.3 is 11.1 Å². The Bertz CT molecular complexity index is 257. The van der Waals surface area contributed by atoms with Crippen LogP contribution < -0.4 is 11.1 Å². The lowest BCUT2D eigenvalue weighted by molar-refractivity contribution is 0.440. The van der Waals surface area contributed by atoms with Gasteiger partial charge in [0, 0.05) is 12.6 Å². The van der Waals surface area contributed by atoms with Crippen LogP contribution >= 0.6 is 11.5 Å². The topological polar surface area (TPSA) is 50.9 Å². The number of rotatable bonds is 4. The van der Waals surface area contributed by atoms with Crippen LogP contribution in [0.3, 0.4) is 0 Å². The van der Waals surface area contributed by atoms with Gasteiger partial charge in [-0.3, -0.25) is 0 Å². The van der Waals surface area contributed by atoms with Crippen LogP contribution in [0.5, 0.6) is 0 Å². The minimum absolute atomic E-state index is 0.602. The first kappa shape index (κ1) is 10.3. The molecule has 1 atom stereocenters. The van der Waals surface area contributed by atoms with Crippen LogP contribution in [-0.2, 0) is 0 Å². The van der Waals surface area contributed by atoms with E-state index in [4.69, 9.17) is 5.73 Å². The second-order valence-corrected chi connectivity index (χ2v) is 4.52. The van der Waals surface area contributed by atoms with Crippen LogP contribution in [0.2, 0.25) is 0 Å². The molecule has 0 fully saturated rings. The van der Waals surface area contributed by atoms with Gasteiger partial charge in [0.2, 0.25) is 0 Å². The summed E-state index contributed by atoms with van der Waals surface area (Å²) in [6.07, 6.45) is 0. The molecule has 0 bridgehead atoms. The van der Waals surface area contributed by atoms with Gasteiger partial charge in [0.1, 0.15) is 10.8 Å². The Balaban J connectivity index is 2.35. The van der Waals surface area contributed by atoms with Gasteiger partial charge in [0.05, 0.1) is 0 Å². The first-order chi connectivity index (χ1) is 6.09. The predicted octanol–water partition coefficient (Wildman–Crippen LogP) is 2.43. The van der Waals surface area contributed by atoms with Crippen LogP contribution in [0.15, 0.2) is 6.07 Å². The van der Waals surface area contributed by atoms with Gasteiger partial charge in [-0.25, -0.2) is 0 Å². The van der Waals surface area contributed by atoms with Crippen molar-refractivity contribution in [2.75, 3.05) is 17.6 Å². The Morgan fingerprint density at radius 1 is 1.54 bits per heavy atom. The number of nitrogens with one attached hydrogen (secondary N) is 1. The molecule has 74 valence electrons. The molecule has 0 aliphatic heterocycles. The molecule has 3 N–H and O–H groups in total. The molecule has 1 heterocycles. The van der Waals surface area contributed by atoms with E-state index in [9.17, 15) is 0 Å². The van der Waals surface area contributed by atoms with E-state index in [1.807, 2.05) is 6.07 Å². The van der Waals surface area contributed by atoms with E-state index >= 15 is 0 Å². The molecule has 0 aliphatic rings. The van der Waals surface area contributed by atoms with Crippen LogP contribution in [0.1, 0.15) is 20.8 Å². The molecular formula is C9H17N3S. The number of nitrogens with zero attached hydrogens (tertiary/aromatic N) is 1. The Labute approximate surface area is 83.5 Å². The van der Waals surface area contributed by atoms with Crippen molar-refractivity contribution >= 4 is 22.4 Å². The molecule has 0 aliphatic carbocycles. The summed E-state index contributed by atoms with van der Waals surface area (Å²) in [6.45, 7) is 7.68. The Morgan fingerprint density at radius 2 is 2.23 bits per heavy atom. The fourth-order valence-corrected chi connectivity index (χ4v) is 1.45. The molecule has 0 saturated heterocycles. The monoisotopic (exact) mass is 199 g/mol. The minimum atomic E-state index is 0.602. The normalized spacial score (nSPS) is 13.2. The lowest BCUT2D eigenvalue weighted by atomic mass is 9.98. The number of aromatic nitrogens is 1. The fourth-order valence-electron chi connectivity index (χ4n) is 0.869. The smallest absolute Gasteiger partial charge is 0.139 e. The summed E-state index contributed by atoms with van der Waals surface area (Å²) in [5, 5.41) is 4.38. The highest BCUT2D eigenvalue weighted by Gasteiger charge is 2.07. The largest absolute Gasteiger partial charge is 0.383 e. The van der Waals surface area contributed by atoms with E-state index in [0.29, 0.717) is 17.7 Å². The first-order valence-electron chi connectivity index (χ1n) is 4.55.